The average molecular weight is 428 g/mol. The van der Waals surface area contributed by atoms with Gasteiger partial charge in [-0.3, -0.25) is 14.1 Å². The summed E-state index contributed by atoms with van der Waals surface area (Å²) in [7, 11) is 3.98. The van der Waals surface area contributed by atoms with E-state index in [-0.39, 0.29) is 5.91 Å². The quantitative estimate of drug-likeness (QED) is 0.473. The summed E-state index contributed by atoms with van der Waals surface area (Å²) < 4.78 is 2.74. The van der Waals surface area contributed by atoms with E-state index in [1.165, 1.54) is 11.3 Å². The van der Waals surface area contributed by atoms with Gasteiger partial charge < -0.3 is 4.90 Å². The molecular weight excluding hydrogens is 406 g/mol. The van der Waals surface area contributed by atoms with Gasteiger partial charge in [0.25, 0.3) is 5.91 Å². The second-order valence-corrected chi connectivity index (χ2v) is 8.66. The Hall–Kier alpha value is -2.48. The minimum Gasteiger partial charge on any atom is -0.308 e. The highest BCUT2D eigenvalue weighted by Crippen LogP contribution is 2.36. The van der Waals surface area contributed by atoms with E-state index >= 15 is 0 Å². The average Bonchev–Trinajstić information content (AvgIpc) is 3.26. The van der Waals surface area contributed by atoms with Crippen molar-refractivity contribution in [2.45, 2.75) is 13.8 Å². The van der Waals surface area contributed by atoms with Crippen LogP contribution in [0.25, 0.3) is 15.9 Å². The summed E-state index contributed by atoms with van der Waals surface area (Å²) in [6.45, 7) is 5.10. The topological polar surface area (TPSA) is 53.7 Å². The SMILES string of the molecule is Cc1nc2ccccn2c1C(=O)N(CCN(C)C)c1nc2c(C)ccc(Cl)c2s1. The number of carbonyl (C=O) groups excluding carboxylic acids is 1. The number of halogens is 1. The van der Waals surface area contributed by atoms with Crippen LogP contribution in [0.4, 0.5) is 5.13 Å². The lowest BCUT2D eigenvalue weighted by molar-refractivity contribution is 0.0979. The highest BCUT2D eigenvalue weighted by atomic mass is 35.5. The van der Waals surface area contributed by atoms with Gasteiger partial charge in [-0.25, -0.2) is 9.97 Å². The Bertz CT molecular complexity index is 1170. The maximum Gasteiger partial charge on any atom is 0.279 e. The summed E-state index contributed by atoms with van der Waals surface area (Å²) in [6.07, 6.45) is 1.87. The van der Waals surface area contributed by atoms with E-state index in [4.69, 9.17) is 16.6 Å². The number of likely N-dealkylation sites (N-methyl/N-ethyl adjacent to an activating group) is 1. The number of pyridine rings is 1. The Balaban J connectivity index is 1.84. The van der Waals surface area contributed by atoms with Gasteiger partial charge in [-0.2, -0.15) is 0 Å². The molecule has 0 bridgehead atoms. The van der Waals surface area contributed by atoms with Gasteiger partial charge in [-0.05, 0) is 51.7 Å². The lowest BCUT2D eigenvalue weighted by Gasteiger charge is -2.22. The van der Waals surface area contributed by atoms with E-state index in [0.29, 0.717) is 34.6 Å². The van der Waals surface area contributed by atoms with Crippen molar-refractivity contribution >= 4 is 49.8 Å². The number of imidazole rings is 1. The normalized spacial score (nSPS) is 11.7. The molecule has 0 radical (unpaired) electrons. The smallest absolute Gasteiger partial charge is 0.279 e. The lowest BCUT2D eigenvalue weighted by atomic mass is 10.2. The predicted octanol–water partition coefficient (Wildman–Crippen LogP) is 4.42. The molecule has 1 amide bonds. The van der Waals surface area contributed by atoms with Crippen LogP contribution in [0.1, 0.15) is 21.7 Å². The van der Waals surface area contributed by atoms with Crippen LogP contribution in [0.3, 0.4) is 0 Å². The molecule has 0 fully saturated rings. The van der Waals surface area contributed by atoms with Crippen LogP contribution < -0.4 is 4.90 Å². The number of thiazole rings is 1. The monoisotopic (exact) mass is 427 g/mol. The number of hydrogen-bond acceptors (Lipinski definition) is 5. The summed E-state index contributed by atoms with van der Waals surface area (Å²) in [5.41, 5.74) is 3.89. The van der Waals surface area contributed by atoms with Crippen molar-refractivity contribution in [3.8, 4) is 0 Å². The summed E-state index contributed by atoms with van der Waals surface area (Å²) in [5, 5.41) is 1.30. The maximum absolute atomic E-state index is 13.7. The molecule has 150 valence electrons. The number of anilines is 1. The van der Waals surface area contributed by atoms with Crippen molar-refractivity contribution in [3.05, 3.63) is 58.5 Å². The van der Waals surface area contributed by atoms with Crippen LogP contribution in [0, 0.1) is 13.8 Å². The van der Waals surface area contributed by atoms with Gasteiger partial charge in [0.1, 0.15) is 11.3 Å². The van der Waals surface area contributed by atoms with E-state index < -0.39 is 0 Å². The fraction of sp³-hybridized carbons (Fsp3) is 0.286. The molecule has 0 N–H and O–H groups in total. The number of carbonyl (C=O) groups is 1. The Labute approximate surface area is 178 Å². The van der Waals surface area contributed by atoms with Crippen molar-refractivity contribution in [1.82, 2.24) is 19.3 Å². The molecule has 29 heavy (non-hydrogen) atoms. The van der Waals surface area contributed by atoms with E-state index in [0.717, 1.165) is 21.4 Å². The standard InChI is InChI=1S/C21H22ClN5OS/c1-13-8-9-15(22)19-17(13)24-21(29-19)27(12-11-25(3)4)20(28)18-14(2)23-16-7-5-6-10-26(16)18/h5-10H,11-12H2,1-4H3. The summed E-state index contributed by atoms with van der Waals surface area (Å²) in [5.74, 6) is -0.115. The molecular formula is C21H22ClN5OS. The third-order valence-corrected chi connectivity index (χ3v) is 6.38. The number of aromatic nitrogens is 3. The molecule has 1 aromatic carbocycles. The fourth-order valence-corrected chi connectivity index (χ4v) is 4.63. The van der Waals surface area contributed by atoms with E-state index in [1.807, 2.05) is 73.8 Å². The van der Waals surface area contributed by atoms with Crippen LogP contribution in [-0.2, 0) is 0 Å². The fourth-order valence-electron chi connectivity index (χ4n) is 3.29. The first-order chi connectivity index (χ1) is 13.9. The molecule has 0 unspecified atom stereocenters. The molecule has 0 atom stereocenters. The van der Waals surface area contributed by atoms with E-state index in [1.54, 1.807) is 4.90 Å². The van der Waals surface area contributed by atoms with Crippen molar-refractivity contribution < 1.29 is 4.79 Å². The van der Waals surface area contributed by atoms with Gasteiger partial charge in [-0.1, -0.05) is 35.1 Å². The largest absolute Gasteiger partial charge is 0.308 e. The molecule has 0 aliphatic heterocycles. The number of benzene rings is 1. The number of amides is 1. The Morgan fingerprint density at radius 1 is 1.14 bits per heavy atom. The minimum atomic E-state index is -0.115. The van der Waals surface area contributed by atoms with Gasteiger partial charge >= 0.3 is 0 Å². The lowest BCUT2D eigenvalue weighted by Crippen LogP contribution is -2.37. The third kappa shape index (κ3) is 3.61. The Morgan fingerprint density at radius 3 is 2.66 bits per heavy atom. The Kier molecular flexibility index (Phi) is 5.29. The van der Waals surface area contributed by atoms with Crippen molar-refractivity contribution in [2.24, 2.45) is 0 Å². The summed E-state index contributed by atoms with van der Waals surface area (Å²) in [6, 6.07) is 9.54. The van der Waals surface area contributed by atoms with Crippen LogP contribution in [0.15, 0.2) is 36.5 Å². The highest BCUT2D eigenvalue weighted by Gasteiger charge is 2.26. The van der Waals surface area contributed by atoms with Crippen molar-refractivity contribution in [3.63, 3.8) is 0 Å². The summed E-state index contributed by atoms with van der Waals surface area (Å²) >= 11 is 7.85. The molecule has 0 aliphatic carbocycles. The molecule has 0 saturated carbocycles. The molecule has 6 nitrogen and oxygen atoms in total. The first-order valence-corrected chi connectivity index (χ1v) is 10.5. The number of aryl methyl sites for hydroxylation is 2. The maximum atomic E-state index is 13.7. The number of hydrogen-bond donors (Lipinski definition) is 0. The predicted molar refractivity (Wildman–Crippen MR) is 120 cm³/mol. The van der Waals surface area contributed by atoms with Crippen molar-refractivity contribution in [2.75, 3.05) is 32.1 Å². The number of rotatable bonds is 5. The highest BCUT2D eigenvalue weighted by molar-refractivity contribution is 7.23. The molecule has 3 aromatic heterocycles. The number of fused-ring (bicyclic) bond motifs is 2. The van der Waals surface area contributed by atoms with Crippen LogP contribution in [-0.4, -0.2) is 52.4 Å². The molecule has 4 rings (SSSR count). The molecule has 0 saturated heterocycles. The first kappa shape index (κ1) is 19.8. The second-order valence-electron chi connectivity index (χ2n) is 7.27. The minimum absolute atomic E-state index is 0.115. The molecule has 8 heteroatoms. The van der Waals surface area contributed by atoms with Crippen LogP contribution in [0.5, 0.6) is 0 Å². The zero-order valence-corrected chi connectivity index (χ0v) is 18.4. The third-order valence-electron chi connectivity index (χ3n) is 4.84. The van der Waals surface area contributed by atoms with Crippen molar-refractivity contribution in [1.29, 1.82) is 0 Å². The summed E-state index contributed by atoms with van der Waals surface area (Å²) in [4.78, 5) is 26.8. The van der Waals surface area contributed by atoms with Gasteiger partial charge in [0.05, 0.1) is 20.9 Å². The van der Waals surface area contributed by atoms with Gasteiger partial charge in [0, 0.05) is 19.3 Å². The van der Waals surface area contributed by atoms with Crippen LogP contribution in [0.2, 0.25) is 5.02 Å². The number of nitrogens with zero attached hydrogens (tertiary/aromatic N) is 5. The molecule has 3 heterocycles. The Morgan fingerprint density at radius 2 is 1.93 bits per heavy atom. The van der Waals surface area contributed by atoms with Gasteiger partial charge in [0.2, 0.25) is 0 Å². The van der Waals surface area contributed by atoms with Gasteiger partial charge in [-0.15, -0.1) is 0 Å². The molecule has 4 aromatic rings. The zero-order chi connectivity index (χ0) is 20.7. The van der Waals surface area contributed by atoms with E-state index in [9.17, 15) is 4.79 Å². The molecule has 0 spiro atoms. The molecule has 0 aliphatic rings. The van der Waals surface area contributed by atoms with Crippen LogP contribution >= 0.6 is 22.9 Å². The first-order valence-electron chi connectivity index (χ1n) is 9.32. The van der Waals surface area contributed by atoms with Gasteiger partial charge in [0.15, 0.2) is 5.13 Å². The zero-order valence-electron chi connectivity index (χ0n) is 16.8. The van der Waals surface area contributed by atoms with E-state index in [2.05, 4.69) is 4.98 Å². The second kappa shape index (κ2) is 7.74.